The maximum Gasteiger partial charge on any atom is 0.322 e. The molecule has 0 radical (unpaired) electrons. The van der Waals surface area contributed by atoms with Crippen LogP contribution < -0.4 is 4.74 Å². The summed E-state index contributed by atoms with van der Waals surface area (Å²) in [7, 11) is 0. The molecule has 0 saturated carbocycles. The van der Waals surface area contributed by atoms with Gasteiger partial charge in [0.25, 0.3) is 6.21 Å². The predicted octanol–water partition coefficient (Wildman–Crippen LogP) is 1.28. The third kappa shape index (κ3) is 3.31. The highest BCUT2D eigenvalue weighted by molar-refractivity contribution is 5.85. The molecule has 0 unspecified atom stereocenters. The van der Waals surface area contributed by atoms with E-state index in [1.807, 2.05) is 6.07 Å². The molecule has 0 aromatic heterocycles. The van der Waals surface area contributed by atoms with Crippen LogP contribution in [0.5, 0.6) is 5.75 Å². The van der Waals surface area contributed by atoms with Gasteiger partial charge in [0.05, 0.1) is 0 Å². The summed E-state index contributed by atoms with van der Waals surface area (Å²) in [5.41, 5.74) is 8.04. The largest absolute Gasteiger partial charge is 0.426 e. The summed E-state index contributed by atoms with van der Waals surface area (Å²) in [6.45, 7) is 0. The van der Waals surface area contributed by atoms with Crippen LogP contribution in [-0.2, 0) is 4.79 Å². The summed E-state index contributed by atoms with van der Waals surface area (Å²) in [4.78, 5) is 13.6. The standard InChI is InChI=1S/C9H8N2O2/c10-11-7-6-9(12)13-8-4-2-1-3-5-8/h1-5,7H,6H2. The number of rotatable bonds is 3. The summed E-state index contributed by atoms with van der Waals surface area (Å²) in [6.07, 6.45) is 1.04. The second-order valence-corrected chi connectivity index (χ2v) is 2.29. The lowest BCUT2D eigenvalue weighted by Gasteiger charge is -1.99. The fourth-order valence-electron chi connectivity index (χ4n) is 0.777. The normalized spacial score (nSPS) is 8.62. The van der Waals surface area contributed by atoms with Gasteiger partial charge >= 0.3 is 5.97 Å². The Morgan fingerprint density at radius 2 is 2.15 bits per heavy atom. The van der Waals surface area contributed by atoms with Gasteiger partial charge in [-0.25, -0.2) is 0 Å². The first-order chi connectivity index (χ1) is 6.33. The average molecular weight is 176 g/mol. The highest BCUT2D eigenvalue weighted by Crippen LogP contribution is 2.08. The molecular weight excluding hydrogens is 168 g/mol. The number of para-hydroxylation sites is 1. The summed E-state index contributed by atoms with van der Waals surface area (Å²) in [5, 5.41) is 0. The summed E-state index contributed by atoms with van der Waals surface area (Å²) in [5.74, 6) is 0.0304. The first-order valence-corrected chi connectivity index (χ1v) is 3.74. The van der Waals surface area contributed by atoms with Crippen LogP contribution in [0.15, 0.2) is 30.3 Å². The third-order valence-electron chi connectivity index (χ3n) is 1.31. The Morgan fingerprint density at radius 1 is 1.46 bits per heavy atom. The second-order valence-electron chi connectivity index (χ2n) is 2.29. The van der Waals surface area contributed by atoms with Crippen molar-refractivity contribution in [3.8, 4) is 5.75 Å². The van der Waals surface area contributed by atoms with Crippen molar-refractivity contribution >= 4 is 12.2 Å². The van der Waals surface area contributed by atoms with Crippen molar-refractivity contribution in [2.24, 2.45) is 0 Å². The van der Waals surface area contributed by atoms with Gasteiger partial charge in [0.15, 0.2) is 0 Å². The average Bonchev–Trinajstić information content (AvgIpc) is 2.16. The van der Waals surface area contributed by atoms with Crippen molar-refractivity contribution in [3.63, 3.8) is 0 Å². The van der Waals surface area contributed by atoms with Crippen LogP contribution in [-0.4, -0.2) is 17.0 Å². The molecule has 0 saturated heterocycles. The van der Waals surface area contributed by atoms with E-state index in [0.29, 0.717) is 5.75 Å². The summed E-state index contributed by atoms with van der Waals surface area (Å²) >= 11 is 0. The lowest BCUT2D eigenvalue weighted by atomic mass is 10.3. The molecule has 1 aromatic carbocycles. The van der Waals surface area contributed by atoms with Crippen molar-refractivity contribution < 1.29 is 14.3 Å². The molecule has 0 aliphatic heterocycles. The molecule has 0 N–H and O–H groups in total. The van der Waals surface area contributed by atoms with Gasteiger partial charge in [0.1, 0.15) is 12.2 Å². The number of benzene rings is 1. The van der Waals surface area contributed by atoms with Gasteiger partial charge in [-0.05, 0) is 12.1 Å². The quantitative estimate of drug-likeness (QED) is 0.229. The van der Waals surface area contributed by atoms with Gasteiger partial charge in [-0.2, -0.15) is 4.79 Å². The number of carbonyl (C=O) groups excluding carboxylic acids is 1. The van der Waals surface area contributed by atoms with Crippen LogP contribution >= 0.6 is 0 Å². The number of hydrogen-bond acceptors (Lipinski definition) is 2. The van der Waals surface area contributed by atoms with Crippen LogP contribution in [0.3, 0.4) is 0 Å². The molecular formula is C9H8N2O2. The molecule has 0 atom stereocenters. The molecule has 1 aromatic rings. The minimum absolute atomic E-state index is 0.0363. The maximum atomic E-state index is 10.9. The number of carbonyl (C=O) groups is 1. The number of hydrogen-bond donors (Lipinski definition) is 0. The first kappa shape index (κ1) is 9.16. The Kier molecular flexibility index (Phi) is 3.42. The fourth-order valence-corrected chi connectivity index (χ4v) is 0.777. The van der Waals surface area contributed by atoms with Crippen molar-refractivity contribution in [1.29, 1.82) is 0 Å². The van der Waals surface area contributed by atoms with Gasteiger partial charge in [-0.1, -0.05) is 18.2 Å². The van der Waals surface area contributed by atoms with E-state index >= 15 is 0 Å². The second kappa shape index (κ2) is 4.85. The van der Waals surface area contributed by atoms with Crippen molar-refractivity contribution in [1.82, 2.24) is 0 Å². The molecule has 0 fully saturated rings. The summed E-state index contributed by atoms with van der Waals surface area (Å²) in [6, 6.07) is 8.71. The zero-order valence-electron chi connectivity index (χ0n) is 6.88. The highest BCUT2D eigenvalue weighted by atomic mass is 16.5. The number of ether oxygens (including phenoxy) is 1. The zero-order chi connectivity index (χ0) is 9.52. The molecule has 4 nitrogen and oxygen atoms in total. The van der Waals surface area contributed by atoms with Crippen LogP contribution in [0.25, 0.3) is 5.53 Å². The van der Waals surface area contributed by atoms with Crippen LogP contribution in [0.2, 0.25) is 0 Å². The number of esters is 1. The Labute approximate surface area is 75.4 Å². The Morgan fingerprint density at radius 3 is 2.77 bits per heavy atom. The molecule has 66 valence electrons. The van der Waals surface area contributed by atoms with E-state index in [4.69, 9.17) is 10.3 Å². The topological polar surface area (TPSA) is 62.7 Å². The van der Waals surface area contributed by atoms with Crippen LogP contribution in [0, 0.1) is 0 Å². The monoisotopic (exact) mass is 176 g/mol. The summed E-state index contributed by atoms with van der Waals surface area (Å²) < 4.78 is 4.88. The highest BCUT2D eigenvalue weighted by Gasteiger charge is 2.03. The first-order valence-electron chi connectivity index (χ1n) is 3.74. The molecule has 1 rings (SSSR count). The molecule has 13 heavy (non-hydrogen) atoms. The minimum Gasteiger partial charge on any atom is -0.426 e. The molecule has 4 heteroatoms. The van der Waals surface area contributed by atoms with E-state index in [0.717, 1.165) is 6.21 Å². The van der Waals surface area contributed by atoms with Crippen LogP contribution in [0.4, 0.5) is 0 Å². The molecule has 0 aliphatic carbocycles. The Hall–Kier alpha value is -1.93. The fraction of sp³-hybridized carbons (Fsp3) is 0.111. The van der Waals surface area contributed by atoms with E-state index < -0.39 is 5.97 Å². The molecule has 0 spiro atoms. The maximum absolute atomic E-state index is 10.9. The smallest absolute Gasteiger partial charge is 0.322 e. The number of nitrogens with zero attached hydrogens (tertiary/aromatic N) is 2. The van der Waals surface area contributed by atoms with E-state index in [9.17, 15) is 4.79 Å². The Bertz CT molecular complexity index is 329. The third-order valence-corrected chi connectivity index (χ3v) is 1.31. The van der Waals surface area contributed by atoms with Crippen LogP contribution in [0.1, 0.15) is 6.42 Å². The predicted molar refractivity (Wildman–Crippen MR) is 46.4 cm³/mol. The molecule has 0 bridgehead atoms. The lowest BCUT2D eigenvalue weighted by molar-refractivity contribution is -0.133. The van der Waals surface area contributed by atoms with E-state index in [2.05, 4.69) is 4.79 Å². The van der Waals surface area contributed by atoms with Crippen molar-refractivity contribution in [2.75, 3.05) is 0 Å². The van der Waals surface area contributed by atoms with Gasteiger partial charge < -0.3 is 10.3 Å². The van der Waals surface area contributed by atoms with Crippen molar-refractivity contribution in [2.45, 2.75) is 6.42 Å². The Balaban J connectivity index is 2.50. The zero-order valence-corrected chi connectivity index (χ0v) is 6.88. The lowest BCUT2D eigenvalue weighted by Crippen LogP contribution is -2.07. The molecule has 0 amide bonds. The minimum atomic E-state index is -0.455. The van der Waals surface area contributed by atoms with Gasteiger partial charge in [0.2, 0.25) is 0 Å². The van der Waals surface area contributed by atoms with E-state index in [1.165, 1.54) is 0 Å². The SMILES string of the molecule is [N-]=[N+]=CCC(=O)Oc1ccccc1. The van der Waals surface area contributed by atoms with Gasteiger partial charge in [-0.3, -0.25) is 4.79 Å². The van der Waals surface area contributed by atoms with E-state index in [-0.39, 0.29) is 6.42 Å². The van der Waals surface area contributed by atoms with E-state index in [1.54, 1.807) is 24.3 Å². The molecule has 0 heterocycles. The van der Waals surface area contributed by atoms with Crippen molar-refractivity contribution in [3.05, 3.63) is 35.9 Å². The molecule has 0 aliphatic rings. The van der Waals surface area contributed by atoms with Gasteiger partial charge in [-0.15, -0.1) is 0 Å². The van der Waals surface area contributed by atoms with Gasteiger partial charge in [0, 0.05) is 0 Å².